The van der Waals surface area contributed by atoms with Crippen LogP contribution in [0.15, 0.2) is 47.4 Å². The number of carbonyl (C=O) groups excluding carboxylic acids is 1. The van der Waals surface area contributed by atoms with Crippen LogP contribution in [0.1, 0.15) is 10.4 Å². The molecule has 22 heavy (non-hydrogen) atoms. The Bertz CT molecular complexity index is 781. The minimum Gasteiger partial charge on any atom is -0.306 e. The molecule has 1 aromatic heterocycles. The number of sulfonamides is 1. The van der Waals surface area contributed by atoms with Gasteiger partial charge in [0.05, 0.1) is 10.5 Å². The number of rotatable bonds is 5. The van der Waals surface area contributed by atoms with Crippen molar-refractivity contribution in [3.8, 4) is 0 Å². The molecule has 0 unspecified atom stereocenters. The number of amides is 1. The summed E-state index contributed by atoms with van der Waals surface area (Å²) in [5, 5.41) is -0.110. The van der Waals surface area contributed by atoms with Crippen molar-refractivity contribution in [1.82, 2.24) is 15.1 Å². The number of nitrogens with one attached hydrogen (secondary N) is 3. The Kier molecular flexibility index (Phi) is 4.96. The Morgan fingerprint density at radius 1 is 1.14 bits per heavy atom. The minimum absolute atomic E-state index is 0.0131. The molecule has 1 aromatic carbocycles. The maximum atomic E-state index is 12.1. The summed E-state index contributed by atoms with van der Waals surface area (Å²) in [4.78, 5) is 16.0. The van der Waals surface area contributed by atoms with Crippen LogP contribution < -0.4 is 15.6 Å². The predicted molar refractivity (Wildman–Crippen MR) is 83.0 cm³/mol. The Balaban J connectivity index is 2.23. The number of benzene rings is 1. The lowest BCUT2D eigenvalue weighted by atomic mass is 10.3. The summed E-state index contributed by atoms with van der Waals surface area (Å²) < 4.78 is 26.1. The molecule has 3 N–H and O–H groups in total. The summed E-state index contributed by atoms with van der Waals surface area (Å²) in [6.07, 6.45) is 0. The second-order valence-corrected chi connectivity index (χ2v) is 6.20. The van der Waals surface area contributed by atoms with E-state index >= 15 is 0 Å². The van der Waals surface area contributed by atoms with Crippen molar-refractivity contribution in [3.63, 3.8) is 0 Å². The molecule has 2 aromatic rings. The van der Waals surface area contributed by atoms with Crippen LogP contribution in [-0.4, -0.2) is 26.4 Å². The molecule has 9 heteroatoms. The van der Waals surface area contributed by atoms with Gasteiger partial charge in [0.25, 0.3) is 15.9 Å². The van der Waals surface area contributed by atoms with E-state index in [-0.39, 0.29) is 15.6 Å². The summed E-state index contributed by atoms with van der Waals surface area (Å²) >= 11 is 5.90. The van der Waals surface area contributed by atoms with Crippen LogP contribution in [0.2, 0.25) is 5.15 Å². The maximum absolute atomic E-state index is 12.1. The van der Waals surface area contributed by atoms with Crippen molar-refractivity contribution in [2.24, 2.45) is 0 Å². The summed E-state index contributed by atoms with van der Waals surface area (Å²) in [6.45, 7) is 0. The first-order valence-electron chi connectivity index (χ1n) is 6.15. The topological polar surface area (TPSA) is 100 Å². The van der Waals surface area contributed by atoms with E-state index in [1.807, 2.05) is 4.72 Å². The van der Waals surface area contributed by atoms with Crippen LogP contribution in [0.3, 0.4) is 0 Å². The Labute approximate surface area is 132 Å². The monoisotopic (exact) mass is 340 g/mol. The molecule has 0 saturated carbocycles. The van der Waals surface area contributed by atoms with Crippen LogP contribution in [-0.2, 0) is 10.0 Å². The van der Waals surface area contributed by atoms with Crippen LogP contribution in [0.4, 0.5) is 5.82 Å². The molecule has 0 radical (unpaired) electrons. The third kappa shape index (κ3) is 3.73. The molecule has 0 spiro atoms. The fourth-order valence-electron chi connectivity index (χ4n) is 1.64. The van der Waals surface area contributed by atoms with Gasteiger partial charge in [0.15, 0.2) is 0 Å². The first-order valence-corrected chi connectivity index (χ1v) is 8.01. The quantitative estimate of drug-likeness (QED) is 0.562. The number of halogens is 1. The fourth-order valence-corrected chi connectivity index (χ4v) is 2.86. The molecule has 0 bridgehead atoms. The van der Waals surface area contributed by atoms with Gasteiger partial charge in [0.1, 0.15) is 11.0 Å². The first-order chi connectivity index (χ1) is 10.4. The molecule has 116 valence electrons. The van der Waals surface area contributed by atoms with E-state index in [1.54, 1.807) is 25.2 Å². The van der Waals surface area contributed by atoms with Crippen molar-refractivity contribution in [2.45, 2.75) is 4.90 Å². The lowest BCUT2D eigenvalue weighted by molar-refractivity contribution is 0.0981. The number of hydrogen-bond donors (Lipinski definition) is 3. The van der Waals surface area contributed by atoms with Crippen molar-refractivity contribution in [2.75, 3.05) is 12.5 Å². The third-order valence-electron chi connectivity index (χ3n) is 2.63. The smallest absolute Gasteiger partial charge is 0.268 e. The molecule has 1 heterocycles. The van der Waals surface area contributed by atoms with E-state index < -0.39 is 15.9 Å². The average Bonchev–Trinajstić information content (AvgIpc) is 2.48. The highest BCUT2D eigenvalue weighted by Crippen LogP contribution is 2.17. The Morgan fingerprint density at radius 2 is 1.82 bits per heavy atom. The van der Waals surface area contributed by atoms with Gasteiger partial charge in [0, 0.05) is 7.05 Å². The van der Waals surface area contributed by atoms with Gasteiger partial charge in [-0.25, -0.2) is 23.5 Å². The van der Waals surface area contributed by atoms with Gasteiger partial charge in [0.2, 0.25) is 0 Å². The van der Waals surface area contributed by atoms with Gasteiger partial charge in [-0.15, -0.1) is 0 Å². The summed E-state index contributed by atoms with van der Waals surface area (Å²) in [6, 6.07) is 10.4. The van der Waals surface area contributed by atoms with Crippen LogP contribution >= 0.6 is 11.6 Å². The normalized spacial score (nSPS) is 11.0. The van der Waals surface area contributed by atoms with Crippen LogP contribution in [0, 0.1) is 0 Å². The Morgan fingerprint density at radius 3 is 2.41 bits per heavy atom. The van der Waals surface area contributed by atoms with E-state index in [1.165, 1.54) is 24.3 Å². The Hall–Kier alpha value is -2.16. The van der Waals surface area contributed by atoms with Gasteiger partial charge in [-0.05, 0) is 24.3 Å². The SMILES string of the molecule is CNNc1ccc(C(=O)NS(=O)(=O)c2ccccc2)c(Cl)n1. The molecule has 0 aliphatic rings. The number of carbonyl (C=O) groups is 1. The first kappa shape index (κ1) is 16.2. The highest BCUT2D eigenvalue weighted by molar-refractivity contribution is 7.90. The predicted octanol–water partition coefficient (Wildman–Crippen LogP) is 1.40. The van der Waals surface area contributed by atoms with E-state index in [4.69, 9.17) is 11.6 Å². The van der Waals surface area contributed by atoms with E-state index in [0.29, 0.717) is 5.82 Å². The minimum atomic E-state index is -3.96. The number of nitrogens with zero attached hydrogens (tertiary/aromatic N) is 1. The van der Waals surface area contributed by atoms with Gasteiger partial charge < -0.3 is 5.43 Å². The van der Waals surface area contributed by atoms with Crippen LogP contribution in [0.5, 0.6) is 0 Å². The molecule has 0 atom stereocenters. The number of aromatic nitrogens is 1. The van der Waals surface area contributed by atoms with Crippen molar-refractivity contribution in [3.05, 3.63) is 53.2 Å². The highest BCUT2D eigenvalue weighted by Gasteiger charge is 2.20. The van der Waals surface area contributed by atoms with Gasteiger partial charge in [-0.3, -0.25) is 4.79 Å². The van der Waals surface area contributed by atoms with Gasteiger partial charge in [-0.2, -0.15) is 0 Å². The second kappa shape index (κ2) is 6.73. The molecule has 2 rings (SSSR count). The van der Waals surface area contributed by atoms with Crippen LogP contribution in [0.25, 0.3) is 0 Å². The van der Waals surface area contributed by atoms with Crippen molar-refractivity contribution >= 4 is 33.3 Å². The van der Waals surface area contributed by atoms with Gasteiger partial charge >= 0.3 is 0 Å². The van der Waals surface area contributed by atoms with Gasteiger partial charge in [-0.1, -0.05) is 29.8 Å². The molecule has 0 saturated heterocycles. The van der Waals surface area contributed by atoms with E-state index in [2.05, 4.69) is 15.8 Å². The lowest BCUT2D eigenvalue weighted by Gasteiger charge is -2.09. The largest absolute Gasteiger partial charge is 0.306 e. The second-order valence-electron chi connectivity index (χ2n) is 4.16. The molecule has 1 amide bonds. The van der Waals surface area contributed by atoms with E-state index in [0.717, 1.165) is 0 Å². The zero-order chi connectivity index (χ0) is 16.2. The number of hydrogen-bond acceptors (Lipinski definition) is 6. The number of anilines is 1. The number of hydrazine groups is 1. The highest BCUT2D eigenvalue weighted by atomic mass is 35.5. The zero-order valence-corrected chi connectivity index (χ0v) is 13.1. The molecule has 0 aliphatic carbocycles. The standard InChI is InChI=1S/C13H13ClN4O3S/c1-15-17-11-8-7-10(12(14)16-11)13(19)18-22(20,21)9-5-3-2-4-6-9/h2-8,15H,1H3,(H,16,17)(H,18,19). The average molecular weight is 341 g/mol. The number of pyridine rings is 1. The summed E-state index contributed by atoms with van der Waals surface area (Å²) in [5.74, 6) is -0.452. The maximum Gasteiger partial charge on any atom is 0.268 e. The molecule has 0 aliphatic heterocycles. The molecule has 0 fully saturated rings. The molecular formula is C13H13ClN4O3S. The van der Waals surface area contributed by atoms with Crippen molar-refractivity contribution in [1.29, 1.82) is 0 Å². The summed E-state index contributed by atoms with van der Waals surface area (Å²) in [7, 11) is -2.32. The van der Waals surface area contributed by atoms with E-state index in [9.17, 15) is 13.2 Å². The lowest BCUT2D eigenvalue weighted by Crippen LogP contribution is -2.31. The zero-order valence-electron chi connectivity index (χ0n) is 11.5. The molecular weight excluding hydrogens is 328 g/mol. The van der Waals surface area contributed by atoms with Crippen molar-refractivity contribution < 1.29 is 13.2 Å². The third-order valence-corrected chi connectivity index (χ3v) is 4.26. The summed E-state index contributed by atoms with van der Waals surface area (Å²) in [5.41, 5.74) is 5.31. The fraction of sp³-hybridized carbons (Fsp3) is 0.0769. The molecule has 7 nitrogen and oxygen atoms in total.